The summed E-state index contributed by atoms with van der Waals surface area (Å²) in [6, 6.07) is 28.2. The third kappa shape index (κ3) is 3.68. The van der Waals surface area contributed by atoms with Crippen LogP contribution in [0.15, 0.2) is 84.9 Å². The van der Waals surface area contributed by atoms with Crippen molar-refractivity contribution >= 4 is 11.6 Å². The van der Waals surface area contributed by atoms with Crippen molar-refractivity contribution in [2.75, 3.05) is 0 Å². The topological polar surface area (TPSA) is 30.7 Å². The molecule has 0 amide bonds. The Bertz CT molecular complexity index is 977. The van der Waals surface area contributed by atoms with Gasteiger partial charge < -0.3 is 0 Å². The van der Waals surface area contributed by atoms with E-state index in [4.69, 9.17) is 21.7 Å². The summed E-state index contributed by atoms with van der Waals surface area (Å²) in [6.07, 6.45) is 1.74. The van der Waals surface area contributed by atoms with Gasteiger partial charge in [-0.2, -0.15) is 0 Å². The summed E-state index contributed by atoms with van der Waals surface area (Å²) in [6.45, 7) is 0. The second-order valence-electron chi connectivity index (χ2n) is 6.09. The van der Waals surface area contributed by atoms with E-state index in [2.05, 4.69) is 24.3 Å². The van der Waals surface area contributed by atoms with Gasteiger partial charge >= 0.3 is 0 Å². The Kier molecular flexibility index (Phi) is 4.80. The molecule has 3 nitrogen and oxygen atoms in total. The lowest BCUT2D eigenvalue weighted by atomic mass is 10.1. The van der Waals surface area contributed by atoms with Crippen molar-refractivity contribution in [2.45, 2.75) is 12.8 Å². The van der Waals surface area contributed by atoms with Gasteiger partial charge in [-0.1, -0.05) is 60.1 Å². The SMILES string of the molecule is Clc1ccc(-c2nc(CCc3ccccc3)n(-c3ccccc3)n2)cc1. The molecule has 0 atom stereocenters. The number of benzene rings is 3. The summed E-state index contributed by atoms with van der Waals surface area (Å²) in [5, 5.41) is 5.46. The normalized spacial score (nSPS) is 10.8. The maximum absolute atomic E-state index is 6.00. The predicted octanol–water partition coefficient (Wildman–Crippen LogP) is 5.37. The minimum absolute atomic E-state index is 0.709. The summed E-state index contributed by atoms with van der Waals surface area (Å²) in [5.74, 6) is 1.67. The molecule has 4 rings (SSSR count). The minimum atomic E-state index is 0.709. The van der Waals surface area contributed by atoms with Crippen LogP contribution in [0.2, 0.25) is 5.02 Å². The van der Waals surface area contributed by atoms with E-state index in [-0.39, 0.29) is 0 Å². The van der Waals surface area contributed by atoms with Crippen LogP contribution in [0, 0.1) is 0 Å². The van der Waals surface area contributed by atoms with Crippen LogP contribution in [0.1, 0.15) is 11.4 Å². The summed E-state index contributed by atoms with van der Waals surface area (Å²) in [4.78, 5) is 4.81. The van der Waals surface area contributed by atoms with E-state index in [1.165, 1.54) is 5.56 Å². The lowest BCUT2D eigenvalue weighted by Gasteiger charge is -2.05. The highest BCUT2D eigenvalue weighted by Crippen LogP contribution is 2.21. The summed E-state index contributed by atoms with van der Waals surface area (Å²) >= 11 is 6.00. The van der Waals surface area contributed by atoms with Gasteiger partial charge in [0.15, 0.2) is 5.82 Å². The lowest BCUT2D eigenvalue weighted by molar-refractivity contribution is 0.770. The Morgan fingerprint density at radius 1 is 0.731 bits per heavy atom. The summed E-state index contributed by atoms with van der Waals surface area (Å²) in [7, 11) is 0. The number of hydrogen-bond donors (Lipinski definition) is 0. The van der Waals surface area contributed by atoms with Gasteiger partial charge in [0, 0.05) is 17.0 Å². The number of aryl methyl sites for hydroxylation is 2. The molecule has 0 fully saturated rings. The summed E-state index contributed by atoms with van der Waals surface area (Å²) < 4.78 is 1.94. The van der Waals surface area contributed by atoms with E-state index in [0.29, 0.717) is 10.8 Å². The van der Waals surface area contributed by atoms with Gasteiger partial charge in [-0.05, 0) is 48.4 Å². The number of hydrogen-bond acceptors (Lipinski definition) is 2. The van der Waals surface area contributed by atoms with Gasteiger partial charge in [-0.3, -0.25) is 0 Å². The summed E-state index contributed by atoms with van der Waals surface area (Å²) in [5.41, 5.74) is 3.27. The molecular weight excluding hydrogens is 342 g/mol. The van der Waals surface area contributed by atoms with Crippen LogP contribution < -0.4 is 0 Å². The third-order valence-corrected chi connectivity index (χ3v) is 4.51. The van der Waals surface area contributed by atoms with E-state index >= 15 is 0 Å². The second kappa shape index (κ2) is 7.54. The van der Waals surface area contributed by atoms with Crippen LogP contribution in [0.3, 0.4) is 0 Å². The molecule has 0 N–H and O–H groups in total. The van der Waals surface area contributed by atoms with Gasteiger partial charge in [-0.15, -0.1) is 5.10 Å². The molecule has 1 aromatic heterocycles. The van der Waals surface area contributed by atoms with Crippen LogP contribution in [-0.4, -0.2) is 14.8 Å². The van der Waals surface area contributed by atoms with Crippen molar-refractivity contribution in [1.82, 2.24) is 14.8 Å². The minimum Gasteiger partial charge on any atom is -0.217 e. The maximum atomic E-state index is 6.00. The molecule has 1 heterocycles. The highest BCUT2D eigenvalue weighted by Gasteiger charge is 2.13. The van der Waals surface area contributed by atoms with Crippen LogP contribution in [0.25, 0.3) is 17.1 Å². The Hall–Kier alpha value is -2.91. The van der Waals surface area contributed by atoms with E-state index in [0.717, 1.165) is 29.9 Å². The smallest absolute Gasteiger partial charge is 0.181 e. The Balaban J connectivity index is 1.69. The average Bonchev–Trinajstić information content (AvgIpc) is 3.13. The van der Waals surface area contributed by atoms with Gasteiger partial charge in [-0.25, -0.2) is 9.67 Å². The zero-order valence-electron chi connectivity index (χ0n) is 14.2. The zero-order valence-corrected chi connectivity index (χ0v) is 15.0. The van der Waals surface area contributed by atoms with E-state index in [1.807, 2.05) is 65.3 Å². The molecule has 128 valence electrons. The van der Waals surface area contributed by atoms with Crippen molar-refractivity contribution in [3.63, 3.8) is 0 Å². The third-order valence-electron chi connectivity index (χ3n) is 4.26. The largest absolute Gasteiger partial charge is 0.217 e. The van der Waals surface area contributed by atoms with Crippen LogP contribution >= 0.6 is 11.6 Å². The highest BCUT2D eigenvalue weighted by molar-refractivity contribution is 6.30. The molecule has 0 unspecified atom stereocenters. The monoisotopic (exact) mass is 359 g/mol. The number of rotatable bonds is 5. The Morgan fingerprint density at radius 3 is 2.08 bits per heavy atom. The lowest BCUT2D eigenvalue weighted by Crippen LogP contribution is -2.04. The molecule has 0 radical (unpaired) electrons. The molecule has 0 spiro atoms. The molecule has 0 aliphatic carbocycles. The fourth-order valence-corrected chi connectivity index (χ4v) is 3.03. The molecule has 4 aromatic rings. The Labute approximate surface area is 157 Å². The van der Waals surface area contributed by atoms with Crippen molar-refractivity contribution in [1.29, 1.82) is 0 Å². The van der Waals surface area contributed by atoms with E-state index in [9.17, 15) is 0 Å². The first-order valence-corrected chi connectivity index (χ1v) is 8.98. The standard InChI is InChI=1S/C22H18ClN3/c23-19-14-12-18(13-15-19)22-24-21(16-11-17-7-3-1-4-8-17)26(25-22)20-9-5-2-6-10-20/h1-10,12-15H,11,16H2. The van der Waals surface area contributed by atoms with Crippen molar-refractivity contribution in [3.8, 4) is 17.1 Å². The molecule has 0 aliphatic heterocycles. The average molecular weight is 360 g/mol. The fraction of sp³-hybridized carbons (Fsp3) is 0.0909. The van der Waals surface area contributed by atoms with E-state index < -0.39 is 0 Å². The number of para-hydroxylation sites is 1. The molecular formula is C22H18ClN3. The molecule has 26 heavy (non-hydrogen) atoms. The molecule has 0 aliphatic rings. The second-order valence-corrected chi connectivity index (χ2v) is 6.53. The molecule has 0 saturated heterocycles. The number of halogens is 1. The molecule has 0 saturated carbocycles. The number of nitrogens with zero attached hydrogens (tertiary/aromatic N) is 3. The molecule has 4 heteroatoms. The molecule has 0 bridgehead atoms. The van der Waals surface area contributed by atoms with Gasteiger partial charge in [0.1, 0.15) is 5.82 Å². The Morgan fingerprint density at radius 2 is 1.38 bits per heavy atom. The molecule has 3 aromatic carbocycles. The van der Waals surface area contributed by atoms with Crippen molar-refractivity contribution in [2.24, 2.45) is 0 Å². The first kappa shape index (κ1) is 16.6. The zero-order chi connectivity index (χ0) is 17.8. The van der Waals surface area contributed by atoms with Crippen molar-refractivity contribution in [3.05, 3.63) is 101 Å². The highest BCUT2D eigenvalue weighted by atomic mass is 35.5. The van der Waals surface area contributed by atoms with Gasteiger partial charge in [0.25, 0.3) is 0 Å². The predicted molar refractivity (Wildman–Crippen MR) is 106 cm³/mol. The van der Waals surface area contributed by atoms with Crippen LogP contribution in [0.4, 0.5) is 0 Å². The van der Waals surface area contributed by atoms with E-state index in [1.54, 1.807) is 0 Å². The maximum Gasteiger partial charge on any atom is 0.181 e. The fourth-order valence-electron chi connectivity index (χ4n) is 2.90. The quantitative estimate of drug-likeness (QED) is 0.479. The van der Waals surface area contributed by atoms with Gasteiger partial charge in [0.05, 0.1) is 5.69 Å². The first-order chi connectivity index (χ1) is 12.8. The first-order valence-electron chi connectivity index (χ1n) is 8.61. The van der Waals surface area contributed by atoms with Gasteiger partial charge in [0.2, 0.25) is 0 Å². The van der Waals surface area contributed by atoms with Crippen molar-refractivity contribution < 1.29 is 0 Å². The van der Waals surface area contributed by atoms with Crippen LogP contribution in [-0.2, 0) is 12.8 Å². The van der Waals surface area contributed by atoms with Crippen LogP contribution in [0.5, 0.6) is 0 Å². The number of aromatic nitrogens is 3.